The molecule has 0 aliphatic carbocycles. The summed E-state index contributed by atoms with van der Waals surface area (Å²) in [4.78, 5) is 59.0. The van der Waals surface area contributed by atoms with Crippen LogP contribution in [0.3, 0.4) is 0 Å². The van der Waals surface area contributed by atoms with Crippen LogP contribution in [0.15, 0.2) is 79.9 Å². The van der Waals surface area contributed by atoms with Crippen molar-refractivity contribution in [1.29, 1.82) is 0 Å². The molecule has 0 saturated carbocycles. The van der Waals surface area contributed by atoms with Gasteiger partial charge in [-0.25, -0.2) is 4.68 Å². The van der Waals surface area contributed by atoms with E-state index in [4.69, 9.17) is 9.47 Å². The molecular formula is C37H44N6O7. The van der Waals surface area contributed by atoms with Crippen LogP contribution in [0.5, 0.6) is 0 Å². The molecule has 3 aliphatic heterocycles. The molecule has 13 heteroatoms. The number of aliphatic hydroxyl groups excluding tert-OH is 1. The highest BCUT2D eigenvalue weighted by Gasteiger charge is 2.75. The number of amides is 3. The third-order valence-electron chi connectivity index (χ3n) is 10.2. The SMILES string of the molecule is C=CCCC(=O)OC[C@@H](NC(=O)[C@@H]1[C@@H]2CC[C@]3(O2)[C@H](C(=O)N(CC=C)Cn2nnc4ccccc42)N([C@@H](CC)CO)C(=O)[C@@H]13)c1ccccc1. The minimum absolute atomic E-state index is 0.0399. The minimum Gasteiger partial charge on any atom is -0.463 e. The van der Waals surface area contributed by atoms with Gasteiger partial charge in [-0.1, -0.05) is 66.8 Å². The first-order valence-electron chi connectivity index (χ1n) is 17.2. The van der Waals surface area contributed by atoms with E-state index < -0.39 is 59.5 Å². The van der Waals surface area contributed by atoms with Crippen molar-refractivity contribution in [3.05, 3.63) is 85.5 Å². The van der Waals surface area contributed by atoms with E-state index in [0.717, 1.165) is 11.1 Å². The summed E-state index contributed by atoms with van der Waals surface area (Å²) in [6.07, 6.45) is 4.52. The van der Waals surface area contributed by atoms with Gasteiger partial charge in [-0.2, -0.15) is 0 Å². The van der Waals surface area contributed by atoms with Crippen molar-refractivity contribution in [2.45, 2.75) is 75.5 Å². The zero-order valence-corrected chi connectivity index (χ0v) is 28.2. The summed E-state index contributed by atoms with van der Waals surface area (Å²) in [5.41, 5.74) is 0.858. The van der Waals surface area contributed by atoms with Crippen LogP contribution < -0.4 is 5.32 Å². The second kappa shape index (κ2) is 14.9. The first-order chi connectivity index (χ1) is 24.3. The van der Waals surface area contributed by atoms with Gasteiger partial charge in [-0.3, -0.25) is 19.2 Å². The summed E-state index contributed by atoms with van der Waals surface area (Å²) in [6, 6.07) is 14.1. The molecule has 2 aromatic carbocycles. The normalized spacial score (nSPS) is 24.8. The van der Waals surface area contributed by atoms with Gasteiger partial charge in [0.25, 0.3) is 0 Å². The molecule has 2 bridgehead atoms. The van der Waals surface area contributed by atoms with Crippen molar-refractivity contribution in [3.8, 4) is 0 Å². The fourth-order valence-corrected chi connectivity index (χ4v) is 7.85. The number of carbonyl (C=O) groups is 4. The van der Waals surface area contributed by atoms with Crippen LogP contribution in [0.4, 0.5) is 0 Å². The maximum Gasteiger partial charge on any atom is 0.306 e. The molecule has 3 saturated heterocycles. The largest absolute Gasteiger partial charge is 0.463 e. The topological polar surface area (TPSA) is 156 Å². The predicted octanol–water partition coefficient (Wildman–Crippen LogP) is 2.92. The number of aliphatic hydroxyl groups is 1. The molecule has 4 heterocycles. The molecule has 0 unspecified atom stereocenters. The number of hydrogen-bond donors (Lipinski definition) is 2. The number of carbonyl (C=O) groups excluding carboxylic acids is 4. The molecule has 2 N–H and O–H groups in total. The molecule has 0 radical (unpaired) electrons. The van der Waals surface area contributed by atoms with Gasteiger partial charge in [-0.15, -0.1) is 18.3 Å². The summed E-state index contributed by atoms with van der Waals surface area (Å²) in [5, 5.41) is 22.0. The van der Waals surface area contributed by atoms with Crippen LogP contribution in [0.2, 0.25) is 0 Å². The molecule has 3 aromatic rings. The lowest BCUT2D eigenvalue weighted by atomic mass is 9.70. The van der Waals surface area contributed by atoms with E-state index in [2.05, 4.69) is 28.8 Å². The standard InChI is InChI=1S/C37H44N6O7/c1-4-7-17-30(45)49-22-27(24-13-9-8-10-14-24)38-34(46)31-29-18-19-37(50-29)32(31)35(47)43(25(6-3)21-44)33(37)36(48)41(20-5-2)23-42-28-16-12-11-15-26(28)39-40-42/h4-5,8-16,25,27,29,31-33,44H,1-2,6-7,17-23H2,3H3,(H,38,46)/t25-,27+,29-,31+,32+,33-,37+/m0/s1. The zero-order chi connectivity index (χ0) is 35.4. The first kappa shape index (κ1) is 35.0. The van der Waals surface area contributed by atoms with Crippen molar-refractivity contribution in [3.63, 3.8) is 0 Å². The highest BCUT2D eigenvalue weighted by atomic mass is 16.5. The number of para-hydroxylation sites is 1. The Hall–Kier alpha value is -4.88. The Morgan fingerprint density at radius 3 is 2.64 bits per heavy atom. The van der Waals surface area contributed by atoms with Crippen LogP contribution in [0.1, 0.15) is 50.6 Å². The van der Waals surface area contributed by atoms with Gasteiger partial charge in [0.1, 0.15) is 30.4 Å². The Morgan fingerprint density at radius 1 is 1.16 bits per heavy atom. The number of ether oxygens (including phenoxy) is 2. The van der Waals surface area contributed by atoms with Crippen LogP contribution >= 0.6 is 0 Å². The average molecular weight is 685 g/mol. The van der Waals surface area contributed by atoms with Crippen LogP contribution in [-0.2, 0) is 35.3 Å². The quantitative estimate of drug-likeness (QED) is 0.171. The zero-order valence-electron chi connectivity index (χ0n) is 28.2. The monoisotopic (exact) mass is 684 g/mol. The lowest BCUT2D eigenvalue weighted by Crippen LogP contribution is -2.58. The lowest BCUT2D eigenvalue weighted by Gasteiger charge is -2.39. The second-order valence-electron chi connectivity index (χ2n) is 13.1. The van der Waals surface area contributed by atoms with Crippen LogP contribution in [0, 0.1) is 11.8 Å². The minimum atomic E-state index is -1.29. The van der Waals surface area contributed by atoms with Gasteiger partial charge >= 0.3 is 5.97 Å². The molecule has 3 amide bonds. The van der Waals surface area contributed by atoms with Crippen molar-refractivity contribution in [2.24, 2.45) is 11.8 Å². The van der Waals surface area contributed by atoms with E-state index in [1.807, 2.05) is 61.5 Å². The number of nitrogens with one attached hydrogen (secondary N) is 1. The Bertz CT molecular complexity index is 1740. The summed E-state index contributed by atoms with van der Waals surface area (Å²) < 4.78 is 13.8. The molecule has 1 spiro atoms. The summed E-state index contributed by atoms with van der Waals surface area (Å²) in [5.74, 6) is -3.48. The molecule has 7 atom stereocenters. The van der Waals surface area contributed by atoms with Gasteiger partial charge in [0.2, 0.25) is 17.7 Å². The van der Waals surface area contributed by atoms with Crippen LogP contribution in [-0.4, -0.2) is 97.1 Å². The van der Waals surface area contributed by atoms with Gasteiger partial charge in [0.05, 0.1) is 42.1 Å². The Morgan fingerprint density at radius 2 is 1.92 bits per heavy atom. The maximum atomic E-state index is 14.8. The summed E-state index contributed by atoms with van der Waals surface area (Å²) in [6.45, 7) is 9.08. The fourth-order valence-electron chi connectivity index (χ4n) is 7.85. The van der Waals surface area contributed by atoms with Crippen LogP contribution in [0.25, 0.3) is 11.0 Å². The van der Waals surface area contributed by atoms with Crippen molar-refractivity contribution in [1.82, 2.24) is 30.1 Å². The third-order valence-corrected chi connectivity index (χ3v) is 10.2. The number of likely N-dealkylation sites (tertiary alicyclic amines) is 1. The van der Waals surface area contributed by atoms with Crippen molar-refractivity contribution < 1.29 is 33.8 Å². The van der Waals surface area contributed by atoms with Gasteiger partial charge in [0, 0.05) is 13.0 Å². The molecule has 1 aromatic heterocycles. The fraction of sp³-hybridized carbons (Fsp3) is 0.459. The molecule has 3 fully saturated rings. The number of rotatable bonds is 16. The number of allylic oxidation sites excluding steroid dienone is 1. The van der Waals surface area contributed by atoms with Gasteiger partial charge in [0.15, 0.2) is 0 Å². The number of benzene rings is 2. The highest BCUT2D eigenvalue weighted by Crippen LogP contribution is 2.59. The molecule has 50 heavy (non-hydrogen) atoms. The molecule has 264 valence electrons. The summed E-state index contributed by atoms with van der Waals surface area (Å²) >= 11 is 0. The first-order valence-corrected chi connectivity index (χ1v) is 17.2. The molecule has 6 rings (SSSR count). The Balaban J connectivity index is 1.31. The smallest absolute Gasteiger partial charge is 0.306 e. The predicted molar refractivity (Wildman–Crippen MR) is 183 cm³/mol. The molecule has 13 nitrogen and oxygen atoms in total. The van der Waals surface area contributed by atoms with Crippen molar-refractivity contribution in [2.75, 3.05) is 19.8 Å². The van der Waals surface area contributed by atoms with E-state index in [9.17, 15) is 24.3 Å². The number of fused-ring (bicyclic) bond motifs is 2. The van der Waals surface area contributed by atoms with E-state index in [0.29, 0.717) is 31.2 Å². The van der Waals surface area contributed by atoms with Gasteiger partial charge < -0.3 is 29.7 Å². The Labute approximate surface area is 290 Å². The van der Waals surface area contributed by atoms with E-state index in [1.54, 1.807) is 21.7 Å². The number of esters is 1. The highest BCUT2D eigenvalue weighted by molar-refractivity contribution is 5.99. The third kappa shape index (κ3) is 6.31. The number of hydrogen-bond acceptors (Lipinski definition) is 9. The average Bonchev–Trinajstić information content (AvgIpc) is 3.89. The van der Waals surface area contributed by atoms with E-state index in [-0.39, 0.29) is 38.8 Å². The van der Waals surface area contributed by atoms with E-state index in [1.165, 1.54) is 4.90 Å². The molecule has 3 aliphatic rings. The van der Waals surface area contributed by atoms with Gasteiger partial charge in [-0.05, 0) is 43.4 Å². The van der Waals surface area contributed by atoms with Crippen molar-refractivity contribution >= 4 is 34.7 Å². The maximum absolute atomic E-state index is 14.8. The lowest BCUT2D eigenvalue weighted by molar-refractivity contribution is -0.152. The number of aromatic nitrogens is 3. The number of nitrogens with zero attached hydrogens (tertiary/aromatic N) is 5. The Kier molecular flexibility index (Phi) is 10.4. The summed E-state index contributed by atoms with van der Waals surface area (Å²) in [7, 11) is 0. The van der Waals surface area contributed by atoms with E-state index >= 15 is 0 Å². The second-order valence-corrected chi connectivity index (χ2v) is 13.1. The molecular weight excluding hydrogens is 640 g/mol.